The first-order valence-electron chi connectivity index (χ1n) is 7.00. The first kappa shape index (κ1) is 20.1. The van der Waals surface area contributed by atoms with E-state index in [2.05, 4.69) is 5.32 Å². The molecule has 1 aliphatic rings. The molecule has 134 valence electrons. The number of aldehydes is 1. The summed E-state index contributed by atoms with van der Waals surface area (Å²) in [5.41, 5.74) is 0.00961. The summed E-state index contributed by atoms with van der Waals surface area (Å²) in [7, 11) is 0. The Kier molecular flexibility index (Phi) is 7.67. The van der Waals surface area contributed by atoms with Crippen LogP contribution in [0.1, 0.15) is 0 Å². The summed E-state index contributed by atoms with van der Waals surface area (Å²) in [6.07, 6.45) is -8.56. The van der Waals surface area contributed by atoms with E-state index in [9.17, 15) is 35.4 Å². The Labute approximate surface area is 131 Å². The van der Waals surface area contributed by atoms with Crippen molar-refractivity contribution in [3.8, 4) is 0 Å². The molecule has 1 rings (SSSR count). The molecule has 0 spiro atoms. The lowest BCUT2D eigenvalue weighted by atomic mass is 9.87. The Morgan fingerprint density at radius 3 is 2.17 bits per heavy atom. The fourth-order valence-electron chi connectivity index (χ4n) is 2.33. The van der Waals surface area contributed by atoms with Crippen molar-refractivity contribution in [3.63, 3.8) is 0 Å². The number of hydrogen-bond acceptors (Lipinski definition) is 10. The van der Waals surface area contributed by atoms with Crippen molar-refractivity contribution < 1.29 is 45.6 Å². The highest BCUT2D eigenvalue weighted by atomic mass is 16.4. The minimum atomic E-state index is -1.83. The number of carbonyl (C=O) groups is 1. The molecule has 0 aromatic heterocycles. The molecular formula is C13H23NO9. The van der Waals surface area contributed by atoms with Gasteiger partial charge in [0.05, 0.1) is 25.3 Å². The van der Waals surface area contributed by atoms with Crippen LogP contribution in [0.2, 0.25) is 0 Å². The molecule has 0 saturated heterocycles. The van der Waals surface area contributed by atoms with Crippen molar-refractivity contribution in [3.05, 3.63) is 11.6 Å². The fourth-order valence-corrected chi connectivity index (χ4v) is 2.33. The van der Waals surface area contributed by atoms with Gasteiger partial charge in [0.25, 0.3) is 0 Å². The van der Waals surface area contributed by atoms with Gasteiger partial charge in [0.1, 0.15) is 42.9 Å². The van der Waals surface area contributed by atoms with Gasteiger partial charge in [-0.3, -0.25) is 5.32 Å². The summed E-state index contributed by atoms with van der Waals surface area (Å²) in [5.74, 6) is 0. The first-order valence-corrected chi connectivity index (χ1v) is 7.00. The highest BCUT2D eigenvalue weighted by molar-refractivity contribution is 5.59. The third-order valence-electron chi connectivity index (χ3n) is 3.83. The molecule has 8 atom stereocenters. The third-order valence-corrected chi connectivity index (χ3v) is 3.83. The van der Waals surface area contributed by atoms with Crippen LogP contribution < -0.4 is 5.32 Å². The van der Waals surface area contributed by atoms with Gasteiger partial charge in [-0.15, -0.1) is 0 Å². The number of aliphatic hydroxyl groups excluding tert-OH is 8. The minimum absolute atomic E-state index is 0.00961. The van der Waals surface area contributed by atoms with Crippen LogP contribution in [-0.4, -0.2) is 109 Å². The van der Waals surface area contributed by atoms with E-state index in [0.717, 1.165) is 0 Å². The SMILES string of the molecule is O=CC(NC1C=C(CO)C(O)C(O)C1O)C(O)C(O)C(O)CO. The summed E-state index contributed by atoms with van der Waals surface area (Å²) in [6, 6.07) is -2.57. The highest BCUT2D eigenvalue weighted by Crippen LogP contribution is 2.21. The zero-order valence-corrected chi connectivity index (χ0v) is 12.2. The molecule has 1 aliphatic carbocycles. The van der Waals surface area contributed by atoms with Crippen LogP contribution in [0.5, 0.6) is 0 Å². The van der Waals surface area contributed by atoms with Crippen molar-refractivity contribution in [1.29, 1.82) is 0 Å². The summed E-state index contributed by atoms with van der Waals surface area (Å²) in [6.45, 7) is -1.43. The molecule has 0 saturated carbocycles. The number of rotatable bonds is 8. The average molecular weight is 337 g/mol. The lowest BCUT2D eigenvalue weighted by Gasteiger charge is -2.37. The van der Waals surface area contributed by atoms with Gasteiger partial charge < -0.3 is 45.6 Å². The van der Waals surface area contributed by atoms with E-state index in [1.807, 2.05) is 0 Å². The largest absolute Gasteiger partial charge is 0.394 e. The quantitative estimate of drug-likeness (QED) is 0.152. The van der Waals surface area contributed by atoms with Gasteiger partial charge in [-0.1, -0.05) is 6.08 Å². The number of hydrogen-bond donors (Lipinski definition) is 9. The molecule has 0 bridgehead atoms. The van der Waals surface area contributed by atoms with Gasteiger partial charge in [0.2, 0.25) is 0 Å². The van der Waals surface area contributed by atoms with Crippen LogP contribution in [0.4, 0.5) is 0 Å². The lowest BCUT2D eigenvalue weighted by Crippen LogP contribution is -2.60. The van der Waals surface area contributed by atoms with Gasteiger partial charge in [0, 0.05) is 0 Å². The molecule has 0 aromatic rings. The molecule has 0 aromatic carbocycles. The molecule has 0 aliphatic heterocycles. The predicted molar refractivity (Wildman–Crippen MR) is 75.1 cm³/mol. The van der Waals surface area contributed by atoms with Gasteiger partial charge in [0.15, 0.2) is 0 Å². The van der Waals surface area contributed by atoms with E-state index >= 15 is 0 Å². The van der Waals surface area contributed by atoms with E-state index in [4.69, 9.17) is 10.2 Å². The average Bonchev–Trinajstić information content (AvgIpc) is 2.57. The maximum atomic E-state index is 11.1. The summed E-state index contributed by atoms with van der Waals surface area (Å²) in [4.78, 5) is 11.1. The molecule has 10 heteroatoms. The molecule has 10 nitrogen and oxygen atoms in total. The van der Waals surface area contributed by atoms with E-state index in [1.165, 1.54) is 6.08 Å². The zero-order chi connectivity index (χ0) is 17.7. The molecule has 0 fully saturated rings. The summed E-state index contributed by atoms with van der Waals surface area (Å²) >= 11 is 0. The second kappa shape index (κ2) is 8.78. The minimum Gasteiger partial charge on any atom is -0.394 e. The van der Waals surface area contributed by atoms with E-state index in [1.54, 1.807) is 0 Å². The molecule has 0 amide bonds. The van der Waals surface area contributed by atoms with E-state index < -0.39 is 61.9 Å². The summed E-state index contributed by atoms with van der Waals surface area (Å²) in [5, 5.41) is 78.3. The predicted octanol–water partition coefficient (Wildman–Crippen LogP) is -5.40. The van der Waals surface area contributed by atoms with Crippen molar-refractivity contribution in [2.45, 2.75) is 48.7 Å². The van der Waals surface area contributed by atoms with Crippen LogP contribution >= 0.6 is 0 Å². The maximum Gasteiger partial charge on any atom is 0.139 e. The topological polar surface area (TPSA) is 191 Å². The Hall–Kier alpha value is -0.950. The van der Waals surface area contributed by atoms with Crippen molar-refractivity contribution >= 4 is 6.29 Å². The number of aliphatic hydroxyl groups is 8. The van der Waals surface area contributed by atoms with Crippen LogP contribution in [0, 0.1) is 0 Å². The first-order chi connectivity index (χ1) is 10.8. The van der Waals surface area contributed by atoms with Gasteiger partial charge >= 0.3 is 0 Å². The smallest absolute Gasteiger partial charge is 0.139 e. The zero-order valence-electron chi connectivity index (χ0n) is 12.2. The van der Waals surface area contributed by atoms with Crippen LogP contribution in [0.15, 0.2) is 11.6 Å². The normalized spacial score (nSPS) is 33.5. The second-order valence-corrected chi connectivity index (χ2v) is 5.41. The van der Waals surface area contributed by atoms with Crippen LogP contribution in [0.25, 0.3) is 0 Å². The van der Waals surface area contributed by atoms with Gasteiger partial charge in [-0.25, -0.2) is 0 Å². The molecule has 0 heterocycles. The van der Waals surface area contributed by atoms with Crippen molar-refractivity contribution in [2.75, 3.05) is 13.2 Å². The molecular weight excluding hydrogens is 314 g/mol. The maximum absolute atomic E-state index is 11.1. The molecule has 0 radical (unpaired) electrons. The van der Waals surface area contributed by atoms with Crippen LogP contribution in [0.3, 0.4) is 0 Å². The van der Waals surface area contributed by atoms with Gasteiger partial charge in [-0.05, 0) is 5.57 Å². The van der Waals surface area contributed by atoms with Crippen molar-refractivity contribution in [2.24, 2.45) is 0 Å². The molecule has 8 unspecified atom stereocenters. The lowest BCUT2D eigenvalue weighted by molar-refractivity contribution is -0.122. The van der Waals surface area contributed by atoms with E-state index in [-0.39, 0.29) is 11.9 Å². The number of carbonyl (C=O) groups excluding carboxylic acids is 1. The van der Waals surface area contributed by atoms with Crippen molar-refractivity contribution in [1.82, 2.24) is 5.32 Å². The van der Waals surface area contributed by atoms with E-state index in [0.29, 0.717) is 0 Å². The van der Waals surface area contributed by atoms with Crippen LogP contribution in [-0.2, 0) is 4.79 Å². The molecule has 9 N–H and O–H groups in total. The fraction of sp³-hybridized carbons (Fsp3) is 0.769. The second-order valence-electron chi connectivity index (χ2n) is 5.41. The number of nitrogens with one attached hydrogen (secondary N) is 1. The Balaban J connectivity index is 2.89. The molecule has 23 heavy (non-hydrogen) atoms. The standard InChI is InChI=1S/C13H23NO9/c15-2-5-1-6(10(20)13(23)9(5)19)14-7(3-16)11(21)12(22)8(18)4-17/h1,3,6-15,17-23H,2,4H2. The Bertz CT molecular complexity index is 418. The third kappa shape index (κ3) is 4.53. The highest BCUT2D eigenvalue weighted by Gasteiger charge is 2.39. The summed E-state index contributed by atoms with van der Waals surface area (Å²) < 4.78 is 0. The van der Waals surface area contributed by atoms with Gasteiger partial charge in [-0.2, -0.15) is 0 Å². The Morgan fingerprint density at radius 2 is 1.70 bits per heavy atom. The Morgan fingerprint density at radius 1 is 1.09 bits per heavy atom. The monoisotopic (exact) mass is 337 g/mol.